The summed E-state index contributed by atoms with van der Waals surface area (Å²) in [5, 5.41) is 8.45. The first-order chi connectivity index (χ1) is 13.7. The molecule has 1 aliphatic carbocycles. The minimum atomic E-state index is -4.37. The fourth-order valence-corrected chi connectivity index (χ4v) is 4.29. The molecule has 2 aromatic heterocycles. The first kappa shape index (κ1) is 19.8. The maximum atomic E-state index is 12.6. The maximum absolute atomic E-state index is 12.6. The van der Waals surface area contributed by atoms with E-state index in [9.17, 15) is 18.0 Å². The van der Waals surface area contributed by atoms with Crippen LogP contribution in [-0.2, 0) is 11.8 Å². The molecule has 1 aliphatic rings. The lowest BCUT2D eigenvalue weighted by molar-refractivity contribution is -0.152. The van der Waals surface area contributed by atoms with Crippen LogP contribution in [0.5, 0.6) is 5.06 Å². The number of aromatic nitrogens is 2. The van der Waals surface area contributed by atoms with Crippen molar-refractivity contribution in [2.45, 2.75) is 31.5 Å². The molecule has 2 heterocycles. The van der Waals surface area contributed by atoms with Crippen molar-refractivity contribution in [3.05, 3.63) is 47.0 Å². The smallest absolute Gasteiger partial charge is 0.422 e. The standard InChI is InChI=1S/C20H20F3N3O2S/c1-11(17-5-6-18(29-17)28-10-20(21,22)23)25-19(27)15-8-14(15)12-3-4-13-9-24-26(2)16(13)7-12/h3-7,9,11,14-15H,8,10H2,1-2H3,(H,25,27)/t11?,14-,15+/m1/s1. The summed E-state index contributed by atoms with van der Waals surface area (Å²) in [6.45, 7) is 0.495. The van der Waals surface area contributed by atoms with Crippen molar-refractivity contribution in [1.82, 2.24) is 15.1 Å². The van der Waals surface area contributed by atoms with Crippen molar-refractivity contribution >= 4 is 28.1 Å². The highest BCUT2D eigenvalue weighted by atomic mass is 32.1. The molecule has 0 bridgehead atoms. The van der Waals surface area contributed by atoms with E-state index in [0.717, 1.165) is 39.1 Å². The van der Waals surface area contributed by atoms with Crippen LogP contribution in [0.1, 0.15) is 35.7 Å². The fourth-order valence-electron chi connectivity index (χ4n) is 3.43. The number of thiophene rings is 1. The Morgan fingerprint density at radius 2 is 2.17 bits per heavy atom. The number of fused-ring (bicyclic) bond motifs is 1. The number of aryl methyl sites for hydroxylation is 1. The molecule has 0 spiro atoms. The van der Waals surface area contributed by atoms with E-state index < -0.39 is 12.8 Å². The van der Waals surface area contributed by atoms with Gasteiger partial charge in [0, 0.05) is 23.2 Å². The third-order valence-electron chi connectivity index (χ3n) is 5.09. The summed E-state index contributed by atoms with van der Waals surface area (Å²) in [7, 11) is 1.89. The topological polar surface area (TPSA) is 56.2 Å². The van der Waals surface area contributed by atoms with Gasteiger partial charge in [0.2, 0.25) is 5.91 Å². The molecule has 1 saturated carbocycles. The van der Waals surface area contributed by atoms with Gasteiger partial charge in [-0.2, -0.15) is 18.3 Å². The fraction of sp³-hybridized carbons (Fsp3) is 0.400. The molecular weight excluding hydrogens is 403 g/mol. The van der Waals surface area contributed by atoms with Gasteiger partial charge in [-0.05, 0) is 43.0 Å². The third-order valence-corrected chi connectivity index (χ3v) is 6.27. The molecule has 1 unspecified atom stereocenters. The van der Waals surface area contributed by atoms with Crippen LogP contribution in [0.25, 0.3) is 10.9 Å². The van der Waals surface area contributed by atoms with Gasteiger partial charge in [0.25, 0.3) is 0 Å². The number of amides is 1. The quantitative estimate of drug-likeness (QED) is 0.633. The highest BCUT2D eigenvalue weighted by molar-refractivity contribution is 7.13. The SMILES string of the molecule is CC(NC(=O)[C@H]1C[C@@H]1c1ccc2cnn(C)c2c1)c1ccc(OCC(F)(F)F)s1. The predicted octanol–water partition coefficient (Wildman–Crippen LogP) is 4.56. The molecule has 9 heteroatoms. The van der Waals surface area contributed by atoms with Gasteiger partial charge in [-0.25, -0.2) is 0 Å². The molecule has 4 rings (SSSR count). The number of ether oxygens (including phenoxy) is 1. The molecule has 0 saturated heterocycles. The number of alkyl halides is 3. The lowest BCUT2D eigenvalue weighted by Gasteiger charge is -2.12. The van der Waals surface area contributed by atoms with Crippen LogP contribution >= 0.6 is 11.3 Å². The van der Waals surface area contributed by atoms with Gasteiger partial charge in [-0.1, -0.05) is 12.1 Å². The van der Waals surface area contributed by atoms with Crippen molar-refractivity contribution in [3.63, 3.8) is 0 Å². The first-order valence-electron chi connectivity index (χ1n) is 9.22. The third kappa shape index (κ3) is 4.39. The lowest BCUT2D eigenvalue weighted by atomic mass is 10.1. The second-order valence-corrected chi connectivity index (χ2v) is 8.40. The zero-order valence-electron chi connectivity index (χ0n) is 15.9. The molecular formula is C20H20F3N3O2S. The average molecular weight is 423 g/mol. The number of rotatable bonds is 6. The van der Waals surface area contributed by atoms with Crippen molar-refractivity contribution in [1.29, 1.82) is 0 Å². The van der Waals surface area contributed by atoms with E-state index in [1.54, 1.807) is 6.07 Å². The number of halogens is 3. The summed E-state index contributed by atoms with van der Waals surface area (Å²) in [6.07, 6.45) is -1.78. The van der Waals surface area contributed by atoms with E-state index >= 15 is 0 Å². The predicted molar refractivity (Wildman–Crippen MR) is 104 cm³/mol. The Bertz CT molecular complexity index is 1040. The first-order valence-corrected chi connectivity index (χ1v) is 10.0. The summed E-state index contributed by atoms with van der Waals surface area (Å²) in [6, 6.07) is 9.01. The van der Waals surface area contributed by atoms with Gasteiger partial charge in [-0.15, -0.1) is 11.3 Å². The Balaban J connectivity index is 1.35. The molecule has 5 nitrogen and oxygen atoms in total. The van der Waals surface area contributed by atoms with Crippen LogP contribution in [0, 0.1) is 5.92 Å². The van der Waals surface area contributed by atoms with E-state index in [-0.39, 0.29) is 28.8 Å². The molecule has 1 N–H and O–H groups in total. The van der Waals surface area contributed by atoms with Crippen molar-refractivity contribution in [2.24, 2.45) is 13.0 Å². The second-order valence-electron chi connectivity index (χ2n) is 7.33. The number of carbonyl (C=O) groups is 1. The summed E-state index contributed by atoms with van der Waals surface area (Å²) < 4.78 is 43.3. The molecule has 1 aromatic carbocycles. The Kier molecular flexibility index (Phi) is 5.02. The molecule has 29 heavy (non-hydrogen) atoms. The Morgan fingerprint density at radius 3 is 2.93 bits per heavy atom. The van der Waals surface area contributed by atoms with Crippen LogP contribution in [0.2, 0.25) is 0 Å². The summed E-state index contributed by atoms with van der Waals surface area (Å²) in [5.74, 6) is 0.0401. The summed E-state index contributed by atoms with van der Waals surface area (Å²) in [5.41, 5.74) is 2.15. The Labute approximate surface area is 169 Å². The highest BCUT2D eigenvalue weighted by Crippen LogP contribution is 2.48. The van der Waals surface area contributed by atoms with Crippen molar-refractivity contribution in [3.8, 4) is 5.06 Å². The number of benzene rings is 1. The van der Waals surface area contributed by atoms with Gasteiger partial charge in [-0.3, -0.25) is 9.48 Å². The second kappa shape index (κ2) is 7.37. The summed E-state index contributed by atoms with van der Waals surface area (Å²) >= 11 is 1.11. The van der Waals surface area contributed by atoms with Gasteiger partial charge in [0.1, 0.15) is 0 Å². The lowest BCUT2D eigenvalue weighted by Crippen LogP contribution is -2.27. The maximum Gasteiger partial charge on any atom is 0.422 e. The molecule has 0 aliphatic heterocycles. The van der Waals surface area contributed by atoms with Gasteiger partial charge in [0.05, 0.1) is 17.8 Å². The van der Waals surface area contributed by atoms with Gasteiger partial charge in [0.15, 0.2) is 11.7 Å². The number of nitrogens with one attached hydrogen (secondary N) is 1. The largest absolute Gasteiger partial charge is 0.475 e. The summed E-state index contributed by atoms with van der Waals surface area (Å²) in [4.78, 5) is 13.4. The van der Waals surface area contributed by atoms with Crippen LogP contribution in [-0.4, -0.2) is 28.5 Å². The molecule has 154 valence electrons. The van der Waals surface area contributed by atoms with E-state index in [2.05, 4.69) is 16.5 Å². The Hall–Kier alpha value is -2.55. The molecule has 3 atom stereocenters. The normalized spacial score (nSPS) is 19.9. The molecule has 3 aromatic rings. The zero-order valence-corrected chi connectivity index (χ0v) is 16.7. The average Bonchev–Trinajstić information content (AvgIpc) is 3.18. The number of carbonyl (C=O) groups excluding carboxylic acids is 1. The zero-order chi connectivity index (χ0) is 20.8. The number of hydrogen-bond donors (Lipinski definition) is 1. The van der Waals surface area contributed by atoms with Crippen LogP contribution in [0.4, 0.5) is 13.2 Å². The van der Waals surface area contributed by atoms with Crippen LogP contribution in [0.15, 0.2) is 36.5 Å². The molecule has 1 amide bonds. The highest BCUT2D eigenvalue weighted by Gasteiger charge is 2.44. The Morgan fingerprint density at radius 1 is 1.38 bits per heavy atom. The minimum Gasteiger partial charge on any atom is -0.475 e. The van der Waals surface area contributed by atoms with Gasteiger partial charge >= 0.3 is 6.18 Å². The monoisotopic (exact) mass is 423 g/mol. The number of nitrogens with zero attached hydrogens (tertiary/aromatic N) is 2. The van der Waals surface area contributed by atoms with Crippen molar-refractivity contribution < 1.29 is 22.7 Å². The van der Waals surface area contributed by atoms with E-state index in [4.69, 9.17) is 4.74 Å². The van der Waals surface area contributed by atoms with E-state index in [1.807, 2.05) is 37.0 Å². The van der Waals surface area contributed by atoms with Crippen LogP contribution < -0.4 is 10.1 Å². The number of hydrogen-bond acceptors (Lipinski definition) is 4. The van der Waals surface area contributed by atoms with Crippen molar-refractivity contribution in [2.75, 3.05) is 6.61 Å². The van der Waals surface area contributed by atoms with Crippen LogP contribution in [0.3, 0.4) is 0 Å². The molecule has 0 radical (unpaired) electrons. The van der Waals surface area contributed by atoms with Gasteiger partial charge < -0.3 is 10.1 Å². The molecule has 1 fully saturated rings. The minimum absolute atomic E-state index is 0.0428. The van der Waals surface area contributed by atoms with E-state index in [1.165, 1.54) is 6.07 Å². The van der Waals surface area contributed by atoms with E-state index in [0.29, 0.717) is 0 Å².